The van der Waals surface area contributed by atoms with Crippen LogP contribution in [0.25, 0.3) is 11.0 Å². The topological polar surface area (TPSA) is 66.0 Å². The summed E-state index contributed by atoms with van der Waals surface area (Å²) in [5.74, 6) is 0.562. The second-order valence-corrected chi connectivity index (χ2v) is 4.91. The Labute approximate surface area is 106 Å². The minimum absolute atomic E-state index is 0.301. The van der Waals surface area contributed by atoms with E-state index in [1.54, 1.807) is 0 Å². The van der Waals surface area contributed by atoms with Crippen LogP contribution < -0.4 is 5.73 Å². The van der Waals surface area contributed by atoms with Crippen molar-refractivity contribution in [3.8, 4) is 0 Å². The van der Waals surface area contributed by atoms with Gasteiger partial charge in [-0.25, -0.2) is 9.97 Å². The van der Waals surface area contributed by atoms with Gasteiger partial charge in [0.15, 0.2) is 0 Å². The van der Waals surface area contributed by atoms with Gasteiger partial charge in [0.1, 0.15) is 17.8 Å². The summed E-state index contributed by atoms with van der Waals surface area (Å²) in [6.45, 7) is 5.90. The number of nitrogens with two attached hydrogens (primary N) is 1. The monoisotopic (exact) mass is 246 g/mol. The highest BCUT2D eigenvalue weighted by atomic mass is 16.5. The van der Waals surface area contributed by atoms with Gasteiger partial charge in [-0.05, 0) is 32.3 Å². The maximum atomic E-state index is 5.95. The molecule has 96 valence electrons. The Hall–Kier alpha value is -1.62. The number of nitrogen functional groups attached to an aromatic ring is 1. The molecule has 2 N–H and O–H groups in total. The molecule has 3 rings (SSSR count). The van der Waals surface area contributed by atoms with E-state index in [9.17, 15) is 0 Å². The first kappa shape index (κ1) is 11.5. The fraction of sp³-hybridized carbons (Fsp3) is 0.538. The van der Waals surface area contributed by atoms with E-state index >= 15 is 0 Å². The van der Waals surface area contributed by atoms with E-state index in [0.717, 1.165) is 37.0 Å². The standard InChI is InChI=1S/C13H18N4O/c1-8-9(2)17(6-10-4-3-5-18-10)13-11(8)12(14)15-7-16-13/h7,10H,3-6H2,1-2H3,(H2,14,15,16). The van der Waals surface area contributed by atoms with E-state index in [-0.39, 0.29) is 0 Å². The van der Waals surface area contributed by atoms with Gasteiger partial charge >= 0.3 is 0 Å². The molecule has 0 amide bonds. The molecule has 2 aromatic rings. The summed E-state index contributed by atoms with van der Waals surface area (Å²) in [6, 6.07) is 0. The molecule has 2 aromatic heterocycles. The molecule has 5 nitrogen and oxygen atoms in total. The first-order chi connectivity index (χ1) is 8.68. The van der Waals surface area contributed by atoms with E-state index in [2.05, 4.69) is 28.4 Å². The van der Waals surface area contributed by atoms with E-state index < -0.39 is 0 Å². The van der Waals surface area contributed by atoms with Crippen molar-refractivity contribution < 1.29 is 4.74 Å². The number of hydrogen-bond donors (Lipinski definition) is 1. The molecule has 0 bridgehead atoms. The van der Waals surface area contributed by atoms with Crippen LogP contribution in [0.1, 0.15) is 24.1 Å². The molecular weight excluding hydrogens is 228 g/mol. The van der Waals surface area contributed by atoms with Crippen molar-refractivity contribution >= 4 is 16.9 Å². The van der Waals surface area contributed by atoms with Gasteiger partial charge in [-0.3, -0.25) is 0 Å². The molecule has 1 unspecified atom stereocenters. The van der Waals surface area contributed by atoms with Gasteiger partial charge in [-0.1, -0.05) is 0 Å². The summed E-state index contributed by atoms with van der Waals surface area (Å²) < 4.78 is 7.91. The SMILES string of the molecule is Cc1c(C)n(CC2CCCO2)c2ncnc(N)c12. The maximum Gasteiger partial charge on any atom is 0.146 e. The molecule has 3 heterocycles. The highest BCUT2D eigenvalue weighted by molar-refractivity contribution is 5.90. The third kappa shape index (κ3) is 1.66. The Kier molecular flexibility index (Phi) is 2.70. The lowest BCUT2D eigenvalue weighted by Gasteiger charge is -2.13. The average molecular weight is 246 g/mol. The zero-order chi connectivity index (χ0) is 12.7. The van der Waals surface area contributed by atoms with Gasteiger partial charge in [-0.2, -0.15) is 0 Å². The molecule has 1 aliphatic heterocycles. The van der Waals surface area contributed by atoms with Crippen molar-refractivity contribution in [2.24, 2.45) is 0 Å². The van der Waals surface area contributed by atoms with E-state index in [1.165, 1.54) is 17.6 Å². The fourth-order valence-electron chi connectivity index (χ4n) is 2.71. The third-order valence-corrected chi connectivity index (χ3v) is 3.85. The first-order valence-corrected chi connectivity index (χ1v) is 6.36. The second kappa shape index (κ2) is 4.24. The molecule has 1 aliphatic rings. The average Bonchev–Trinajstić information content (AvgIpc) is 2.94. The summed E-state index contributed by atoms with van der Waals surface area (Å²) in [7, 11) is 0. The molecule has 1 saturated heterocycles. The Bertz CT molecular complexity index is 584. The first-order valence-electron chi connectivity index (χ1n) is 6.36. The van der Waals surface area contributed by atoms with Crippen molar-refractivity contribution in [3.63, 3.8) is 0 Å². The zero-order valence-corrected chi connectivity index (χ0v) is 10.8. The van der Waals surface area contributed by atoms with Crippen molar-refractivity contribution in [3.05, 3.63) is 17.6 Å². The number of rotatable bonds is 2. The van der Waals surface area contributed by atoms with Crippen molar-refractivity contribution in [1.82, 2.24) is 14.5 Å². The van der Waals surface area contributed by atoms with Crippen molar-refractivity contribution in [2.45, 2.75) is 39.3 Å². The Balaban J connectivity index is 2.10. The van der Waals surface area contributed by atoms with Crippen LogP contribution in [-0.4, -0.2) is 27.2 Å². The van der Waals surface area contributed by atoms with Gasteiger partial charge in [0.25, 0.3) is 0 Å². The largest absolute Gasteiger partial charge is 0.383 e. The Morgan fingerprint density at radius 1 is 1.44 bits per heavy atom. The molecule has 0 aromatic carbocycles. The Morgan fingerprint density at radius 3 is 3.00 bits per heavy atom. The molecule has 0 spiro atoms. The molecular formula is C13H18N4O. The van der Waals surface area contributed by atoms with Gasteiger partial charge in [0.05, 0.1) is 18.0 Å². The number of anilines is 1. The van der Waals surface area contributed by atoms with E-state index in [0.29, 0.717) is 11.9 Å². The van der Waals surface area contributed by atoms with Crippen LogP contribution in [0, 0.1) is 13.8 Å². The predicted molar refractivity (Wildman–Crippen MR) is 70.4 cm³/mol. The normalized spacial score (nSPS) is 19.8. The number of aromatic nitrogens is 3. The molecule has 0 saturated carbocycles. The number of nitrogens with zero attached hydrogens (tertiary/aromatic N) is 3. The van der Waals surface area contributed by atoms with Crippen molar-refractivity contribution in [1.29, 1.82) is 0 Å². The molecule has 0 aliphatic carbocycles. The minimum Gasteiger partial charge on any atom is -0.383 e. The number of fused-ring (bicyclic) bond motifs is 1. The quantitative estimate of drug-likeness (QED) is 0.877. The third-order valence-electron chi connectivity index (χ3n) is 3.85. The summed E-state index contributed by atoms with van der Waals surface area (Å²) in [6.07, 6.45) is 4.11. The molecule has 0 radical (unpaired) electrons. The molecule has 5 heteroatoms. The minimum atomic E-state index is 0.301. The number of ether oxygens (including phenoxy) is 1. The van der Waals surface area contributed by atoms with Gasteiger partial charge in [0, 0.05) is 12.3 Å². The Morgan fingerprint density at radius 2 is 2.28 bits per heavy atom. The maximum absolute atomic E-state index is 5.95. The van der Waals surface area contributed by atoms with Crippen LogP contribution in [0.3, 0.4) is 0 Å². The summed E-state index contributed by atoms with van der Waals surface area (Å²) >= 11 is 0. The highest BCUT2D eigenvalue weighted by Crippen LogP contribution is 2.28. The van der Waals surface area contributed by atoms with Gasteiger partial charge < -0.3 is 15.0 Å². The van der Waals surface area contributed by atoms with E-state index in [1.807, 2.05) is 0 Å². The van der Waals surface area contributed by atoms with Crippen molar-refractivity contribution in [2.75, 3.05) is 12.3 Å². The summed E-state index contributed by atoms with van der Waals surface area (Å²) in [5.41, 5.74) is 9.25. The van der Waals surface area contributed by atoms with E-state index in [4.69, 9.17) is 10.5 Å². The molecule has 1 fully saturated rings. The summed E-state index contributed by atoms with van der Waals surface area (Å²) in [4.78, 5) is 8.46. The van der Waals surface area contributed by atoms with Crippen LogP contribution in [-0.2, 0) is 11.3 Å². The number of hydrogen-bond acceptors (Lipinski definition) is 4. The lowest BCUT2D eigenvalue weighted by molar-refractivity contribution is 0.0974. The van der Waals surface area contributed by atoms with Crippen LogP contribution in [0.4, 0.5) is 5.82 Å². The molecule has 1 atom stereocenters. The second-order valence-electron chi connectivity index (χ2n) is 4.91. The van der Waals surface area contributed by atoms with Crippen LogP contribution in [0.2, 0.25) is 0 Å². The smallest absolute Gasteiger partial charge is 0.146 e. The molecule has 18 heavy (non-hydrogen) atoms. The zero-order valence-electron chi connectivity index (χ0n) is 10.8. The predicted octanol–water partition coefficient (Wildman–Crippen LogP) is 1.81. The van der Waals surface area contributed by atoms with Gasteiger partial charge in [0.2, 0.25) is 0 Å². The summed E-state index contributed by atoms with van der Waals surface area (Å²) in [5, 5.41) is 0.980. The van der Waals surface area contributed by atoms with Gasteiger partial charge in [-0.15, -0.1) is 0 Å². The highest BCUT2D eigenvalue weighted by Gasteiger charge is 2.21. The van der Waals surface area contributed by atoms with Crippen LogP contribution in [0.15, 0.2) is 6.33 Å². The van der Waals surface area contributed by atoms with Crippen LogP contribution in [0.5, 0.6) is 0 Å². The lowest BCUT2D eigenvalue weighted by Crippen LogP contribution is -2.16. The van der Waals surface area contributed by atoms with Crippen LogP contribution >= 0.6 is 0 Å². The number of aryl methyl sites for hydroxylation is 1. The fourth-order valence-corrected chi connectivity index (χ4v) is 2.71. The lowest BCUT2D eigenvalue weighted by atomic mass is 10.2.